The minimum absolute atomic E-state index is 0.0971. The van der Waals surface area contributed by atoms with Crippen molar-refractivity contribution in [1.82, 2.24) is 0 Å². The third-order valence-corrected chi connectivity index (χ3v) is 5.86. The highest BCUT2D eigenvalue weighted by Crippen LogP contribution is 2.13. The molecule has 0 N–H and O–H groups in total. The van der Waals surface area contributed by atoms with Gasteiger partial charge in [-0.2, -0.15) is 0 Å². The lowest BCUT2D eigenvalue weighted by molar-refractivity contribution is -0.146. The van der Waals surface area contributed by atoms with E-state index in [1.54, 1.807) is 6.26 Å². The molecule has 0 saturated carbocycles. The van der Waals surface area contributed by atoms with E-state index in [1.807, 2.05) is 6.08 Å². The molecule has 0 atom stereocenters. The first-order chi connectivity index (χ1) is 16.3. The van der Waals surface area contributed by atoms with Crippen molar-refractivity contribution in [3.05, 3.63) is 12.3 Å². The topological polar surface area (TPSA) is 36.9 Å². The van der Waals surface area contributed by atoms with E-state index in [2.05, 4.69) is 20.8 Å². The molecule has 0 aromatic carbocycles. The lowest BCUT2D eigenvalue weighted by Gasteiger charge is -2.18. The molecule has 4 nitrogen and oxygen atoms in total. The summed E-state index contributed by atoms with van der Waals surface area (Å²) in [6, 6.07) is 0. The Bertz CT molecular complexity index is 351. The minimum Gasteiger partial charge on any atom is -0.475 e. The molecular formula is C29H58O4. The lowest BCUT2D eigenvalue weighted by atomic mass is 10.1. The lowest BCUT2D eigenvalue weighted by Crippen LogP contribution is -2.18. The number of rotatable bonds is 28. The Kier molecular flexibility index (Phi) is 28.9. The Morgan fingerprint density at radius 2 is 1.03 bits per heavy atom. The molecule has 198 valence electrons. The Balaban J connectivity index is 3.91. The summed E-state index contributed by atoms with van der Waals surface area (Å²) in [5.74, 6) is 0. The van der Waals surface area contributed by atoms with Crippen LogP contribution in [0, 0.1) is 0 Å². The van der Waals surface area contributed by atoms with Crippen molar-refractivity contribution in [3.8, 4) is 0 Å². The molecule has 0 rings (SSSR count). The van der Waals surface area contributed by atoms with E-state index in [0.717, 1.165) is 51.9 Å². The van der Waals surface area contributed by atoms with Gasteiger partial charge in [-0.3, -0.25) is 0 Å². The van der Waals surface area contributed by atoms with Gasteiger partial charge in [-0.1, -0.05) is 111 Å². The fourth-order valence-electron chi connectivity index (χ4n) is 3.78. The Morgan fingerprint density at radius 3 is 1.52 bits per heavy atom. The zero-order chi connectivity index (χ0) is 24.1. The van der Waals surface area contributed by atoms with E-state index in [0.29, 0.717) is 6.79 Å². The van der Waals surface area contributed by atoms with E-state index in [9.17, 15) is 0 Å². The van der Waals surface area contributed by atoms with Crippen LogP contribution < -0.4 is 0 Å². The summed E-state index contributed by atoms with van der Waals surface area (Å²) in [5, 5.41) is 0. The monoisotopic (exact) mass is 470 g/mol. The maximum Gasteiger partial charge on any atom is 0.188 e. The first-order valence-corrected chi connectivity index (χ1v) is 14.4. The van der Waals surface area contributed by atoms with Crippen LogP contribution in [0.25, 0.3) is 0 Å². The normalized spacial score (nSPS) is 11.8. The van der Waals surface area contributed by atoms with Gasteiger partial charge in [-0.15, -0.1) is 0 Å². The fourth-order valence-corrected chi connectivity index (χ4v) is 3.78. The predicted molar refractivity (Wildman–Crippen MR) is 141 cm³/mol. The van der Waals surface area contributed by atoms with Crippen LogP contribution in [-0.2, 0) is 18.9 Å². The summed E-state index contributed by atoms with van der Waals surface area (Å²) in [4.78, 5) is 0. The van der Waals surface area contributed by atoms with Gasteiger partial charge in [-0.25, -0.2) is 0 Å². The molecule has 0 bridgehead atoms. The smallest absolute Gasteiger partial charge is 0.188 e. The molecule has 0 aliphatic carbocycles. The van der Waals surface area contributed by atoms with Crippen molar-refractivity contribution in [2.45, 2.75) is 149 Å². The SMILES string of the molecule is CCCCCCCCCCOC(CCC=COCOCCC)OCCCCCCCCCC. The molecule has 0 unspecified atom stereocenters. The summed E-state index contributed by atoms with van der Waals surface area (Å²) >= 11 is 0. The van der Waals surface area contributed by atoms with Crippen LogP contribution >= 0.6 is 0 Å². The summed E-state index contributed by atoms with van der Waals surface area (Å²) < 4.78 is 22.9. The van der Waals surface area contributed by atoms with Crippen LogP contribution in [0.3, 0.4) is 0 Å². The molecule has 0 amide bonds. The largest absolute Gasteiger partial charge is 0.475 e. The maximum atomic E-state index is 6.10. The Hall–Kier alpha value is -0.580. The van der Waals surface area contributed by atoms with Crippen molar-refractivity contribution < 1.29 is 18.9 Å². The molecule has 33 heavy (non-hydrogen) atoms. The zero-order valence-corrected chi connectivity index (χ0v) is 22.6. The van der Waals surface area contributed by atoms with Crippen LogP contribution in [-0.4, -0.2) is 32.9 Å². The first kappa shape index (κ1) is 32.4. The molecule has 0 heterocycles. The van der Waals surface area contributed by atoms with E-state index in [-0.39, 0.29) is 6.29 Å². The van der Waals surface area contributed by atoms with Crippen molar-refractivity contribution in [3.63, 3.8) is 0 Å². The third-order valence-electron chi connectivity index (χ3n) is 5.86. The number of unbranched alkanes of at least 4 members (excludes halogenated alkanes) is 14. The van der Waals surface area contributed by atoms with Crippen LogP contribution in [0.15, 0.2) is 12.3 Å². The second-order valence-corrected chi connectivity index (χ2v) is 9.26. The van der Waals surface area contributed by atoms with Crippen molar-refractivity contribution in [1.29, 1.82) is 0 Å². The molecule has 0 radical (unpaired) electrons. The summed E-state index contributed by atoms with van der Waals surface area (Å²) in [6.07, 6.45) is 27.6. The first-order valence-electron chi connectivity index (χ1n) is 14.4. The van der Waals surface area contributed by atoms with Crippen LogP contribution in [0.1, 0.15) is 143 Å². The van der Waals surface area contributed by atoms with Gasteiger partial charge in [0, 0.05) is 19.6 Å². The van der Waals surface area contributed by atoms with E-state index >= 15 is 0 Å². The van der Waals surface area contributed by atoms with Gasteiger partial charge in [0.15, 0.2) is 13.1 Å². The van der Waals surface area contributed by atoms with Gasteiger partial charge in [0.25, 0.3) is 0 Å². The molecule has 4 heteroatoms. The molecule has 0 spiro atoms. The quantitative estimate of drug-likeness (QED) is 0.0648. The molecule has 0 aliphatic heterocycles. The van der Waals surface area contributed by atoms with Crippen LogP contribution in [0.2, 0.25) is 0 Å². The standard InChI is InChI=1S/C29H58O4/c1-4-7-9-11-13-15-17-20-26-32-29(23-19-22-25-31-28-30-24-6-3)33-27-21-18-16-14-12-10-8-5-2/h22,25,29H,4-21,23-24,26-28H2,1-3H3. The van der Waals surface area contributed by atoms with Gasteiger partial charge in [0.05, 0.1) is 12.9 Å². The minimum atomic E-state index is -0.0971. The highest BCUT2D eigenvalue weighted by atomic mass is 16.7. The van der Waals surface area contributed by atoms with Crippen molar-refractivity contribution >= 4 is 0 Å². The summed E-state index contributed by atoms with van der Waals surface area (Å²) in [6.45, 7) is 9.33. The highest BCUT2D eigenvalue weighted by molar-refractivity contribution is 4.73. The average molecular weight is 471 g/mol. The van der Waals surface area contributed by atoms with E-state index in [1.165, 1.54) is 89.9 Å². The molecule has 0 fully saturated rings. The second-order valence-electron chi connectivity index (χ2n) is 9.26. The molecule has 0 aliphatic rings. The number of hydrogen-bond acceptors (Lipinski definition) is 4. The number of hydrogen-bond donors (Lipinski definition) is 0. The predicted octanol–water partition coefficient (Wildman–Crippen LogP) is 9.32. The highest BCUT2D eigenvalue weighted by Gasteiger charge is 2.08. The molecular weight excluding hydrogens is 412 g/mol. The average Bonchev–Trinajstić information content (AvgIpc) is 2.83. The molecule has 0 aromatic heterocycles. The number of ether oxygens (including phenoxy) is 4. The maximum absolute atomic E-state index is 6.10. The third kappa shape index (κ3) is 27.5. The Morgan fingerprint density at radius 1 is 0.545 bits per heavy atom. The van der Waals surface area contributed by atoms with E-state index in [4.69, 9.17) is 18.9 Å². The number of allylic oxidation sites excluding steroid dienone is 1. The van der Waals surface area contributed by atoms with Gasteiger partial charge in [0.2, 0.25) is 0 Å². The Labute approximate surface area is 207 Å². The molecule has 0 aromatic rings. The molecule has 0 saturated heterocycles. The van der Waals surface area contributed by atoms with Crippen LogP contribution in [0.4, 0.5) is 0 Å². The zero-order valence-electron chi connectivity index (χ0n) is 22.6. The summed E-state index contributed by atoms with van der Waals surface area (Å²) in [7, 11) is 0. The second kappa shape index (κ2) is 29.5. The van der Waals surface area contributed by atoms with Gasteiger partial charge in [0.1, 0.15) is 0 Å². The van der Waals surface area contributed by atoms with E-state index < -0.39 is 0 Å². The van der Waals surface area contributed by atoms with Crippen LogP contribution in [0.5, 0.6) is 0 Å². The van der Waals surface area contributed by atoms with Gasteiger partial charge in [-0.05, 0) is 31.8 Å². The van der Waals surface area contributed by atoms with Gasteiger partial charge < -0.3 is 18.9 Å². The van der Waals surface area contributed by atoms with Gasteiger partial charge >= 0.3 is 0 Å². The fraction of sp³-hybridized carbons (Fsp3) is 0.931. The van der Waals surface area contributed by atoms with Crippen molar-refractivity contribution in [2.75, 3.05) is 26.6 Å². The summed E-state index contributed by atoms with van der Waals surface area (Å²) in [5.41, 5.74) is 0. The van der Waals surface area contributed by atoms with Crippen molar-refractivity contribution in [2.24, 2.45) is 0 Å².